The number of nitrogens with one attached hydrogen (secondary N) is 1. The fourth-order valence-corrected chi connectivity index (χ4v) is 3.41. The molecule has 1 fully saturated rings. The van der Waals surface area contributed by atoms with Crippen LogP contribution in [0, 0.1) is 5.92 Å². The number of carbonyl (C=O) groups excluding carboxylic acids is 1. The van der Waals surface area contributed by atoms with Crippen molar-refractivity contribution in [3.05, 3.63) is 34.3 Å². The van der Waals surface area contributed by atoms with Crippen molar-refractivity contribution in [1.82, 2.24) is 5.32 Å². The lowest BCUT2D eigenvalue weighted by Gasteiger charge is -2.36. The van der Waals surface area contributed by atoms with Gasteiger partial charge in [-0.3, -0.25) is 4.79 Å². The molecule has 3 N–H and O–H groups in total. The molecule has 4 heteroatoms. The van der Waals surface area contributed by atoms with E-state index >= 15 is 0 Å². The van der Waals surface area contributed by atoms with Gasteiger partial charge in [-0.2, -0.15) is 0 Å². The van der Waals surface area contributed by atoms with E-state index in [0.717, 1.165) is 29.3 Å². The van der Waals surface area contributed by atoms with Crippen molar-refractivity contribution in [3.63, 3.8) is 0 Å². The van der Waals surface area contributed by atoms with Crippen molar-refractivity contribution in [2.75, 3.05) is 0 Å². The van der Waals surface area contributed by atoms with Crippen LogP contribution in [0.1, 0.15) is 51.1 Å². The van der Waals surface area contributed by atoms with Gasteiger partial charge in [-0.15, -0.1) is 0 Å². The Balaban J connectivity index is 2.03. The van der Waals surface area contributed by atoms with Crippen LogP contribution in [0.25, 0.3) is 0 Å². The van der Waals surface area contributed by atoms with Gasteiger partial charge in [0, 0.05) is 4.47 Å². The van der Waals surface area contributed by atoms with Gasteiger partial charge in [-0.25, -0.2) is 0 Å². The van der Waals surface area contributed by atoms with Crippen molar-refractivity contribution < 1.29 is 4.79 Å². The topological polar surface area (TPSA) is 55.1 Å². The largest absolute Gasteiger partial charge is 0.348 e. The second kappa shape index (κ2) is 6.27. The van der Waals surface area contributed by atoms with Crippen molar-refractivity contribution in [2.45, 2.75) is 51.1 Å². The summed E-state index contributed by atoms with van der Waals surface area (Å²) in [5.41, 5.74) is 6.71. The summed E-state index contributed by atoms with van der Waals surface area (Å²) < 4.78 is 1.02. The van der Waals surface area contributed by atoms with Crippen LogP contribution < -0.4 is 11.1 Å². The number of rotatable bonds is 3. The van der Waals surface area contributed by atoms with Gasteiger partial charge in [0.15, 0.2) is 0 Å². The summed E-state index contributed by atoms with van der Waals surface area (Å²) in [5, 5.41) is 3.07. The zero-order valence-electron chi connectivity index (χ0n) is 12.2. The van der Waals surface area contributed by atoms with Crippen molar-refractivity contribution in [1.29, 1.82) is 0 Å². The van der Waals surface area contributed by atoms with E-state index in [1.165, 1.54) is 6.42 Å². The summed E-state index contributed by atoms with van der Waals surface area (Å²) in [4.78, 5) is 12.5. The molecule has 0 heterocycles. The molecule has 0 bridgehead atoms. The highest BCUT2D eigenvalue weighted by Crippen LogP contribution is 2.31. The smallest absolute Gasteiger partial charge is 0.240 e. The number of halogens is 1. The maximum atomic E-state index is 12.5. The van der Waals surface area contributed by atoms with Gasteiger partial charge in [-0.1, -0.05) is 47.8 Å². The minimum Gasteiger partial charge on any atom is -0.348 e. The quantitative estimate of drug-likeness (QED) is 0.885. The molecule has 20 heavy (non-hydrogen) atoms. The van der Waals surface area contributed by atoms with Gasteiger partial charge in [0.2, 0.25) is 5.91 Å². The molecule has 0 aliphatic heterocycles. The van der Waals surface area contributed by atoms with Crippen molar-refractivity contribution >= 4 is 21.8 Å². The Kier molecular flexibility index (Phi) is 4.86. The summed E-state index contributed by atoms with van der Waals surface area (Å²) >= 11 is 3.45. The molecular formula is C16H23BrN2O. The summed E-state index contributed by atoms with van der Waals surface area (Å²) in [5.74, 6) is 0.511. The van der Waals surface area contributed by atoms with Gasteiger partial charge < -0.3 is 11.1 Å². The minimum atomic E-state index is -0.696. The predicted octanol–water partition coefficient (Wildman–Crippen LogP) is 3.53. The number of benzene rings is 1. The SMILES string of the molecule is CC1CCCC(N)(C(=O)N[C@H](C)c2cccc(Br)c2)C1. The van der Waals surface area contributed by atoms with Gasteiger partial charge in [-0.05, 0) is 43.4 Å². The van der Waals surface area contributed by atoms with Crippen molar-refractivity contribution in [2.24, 2.45) is 11.7 Å². The predicted molar refractivity (Wildman–Crippen MR) is 85.3 cm³/mol. The van der Waals surface area contributed by atoms with Gasteiger partial charge in [0.1, 0.15) is 0 Å². The molecule has 0 radical (unpaired) electrons. The average molecular weight is 339 g/mol. The summed E-state index contributed by atoms with van der Waals surface area (Å²) in [7, 11) is 0. The van der Waals surface area contributed by atoms with Crippen LogP contribution in [0.4, 0.5) is 0 Å². The Labute approximate surface area is 129 Å². The van der Waals surface area contributed by atoms with Crippen LogP contribution in [0.5, 0.6) is 0 Å². The first kappa shape index (κ1) is 15.5. The first-order valence-electron chi connectivity index (χ1n) is 7.26. The lowest BCUT2D eigenvalue weighted by atomic mass is 9.76. The lowest BCUT2D eigenvalue weighted by Crippen LogP contribution is -2.56. The number of hydrogen-bond acceptors (Lipinski definition) is 2. The Morgan fingerprint density at radius 3 is 2.95 bits per heavy atom. The first-order valence-corrected chi connectivity index (χ1v) is 8.05. The highest BCUT2D eigenvalue weighted by atomic mass is 79.9. The van der Waals surface area contributed by atoms with Gasteiger partial charge in [0.05, 0.1) is 11.6 Å². The molecule has 110 valence electrons. The second-order valence-electron chi connectivity index (χ2n) is 6.11. The second-order valence-corrected chi connectivity index (χ2v) is 7.02. The molecule has 0 spiro atoms. The Morgan fingerprint density at radius 2 is 2.30 bits per heavy atom. The highest BCUT2D eigenvalue weighted by molar-refractivity contribution is 9.10. The molecule has 1 amide bonds. The van der Waals surface area contributed by atoms with E-state index in [0.29, 0.717) is 5.92 Å². The molecular weight excluding hydrogens is 316 g/mol. The molecule has 2 rings (SSSR count). The molecule has 2 unspecified atom stereocenters. The third kappa shape index (κ3) is 3.61. The highest BCUT2D eigenvalue weighted by Gasteiger charge is 2.38. The molecule has 0 aromatic heterocycles. The summed E-state index contributed by atoms with van der Waals surface area (Å²) in [6.45, 7) is 4.17. The number of amides is 1. The molecule has 3 nitrogen and oxygen atoms in total. The fourth-order valence-electron chi connectivity index (χ4n) is 3.00. The Bertz CT molecular complexity index is 491. The third-order valence-electron chi connectivity index (χ3n) is 4.18. The van der Waals surface area contributed by atoms with E-state index in [2.05, 4.69) is 28.2 Å². The first-order chi connectivity index (χ1) is 9.40. The van der Waals surface area contributed by atoms with E-state index < -0.39 is 5.54 Å². The number of hydrogen-bond donors (Lipinski definition) is 2. The molecule has 1 aromatic carbocycles. The molecule has 0 saturated heterocycles. The molecule has 1 aliphatic rings. The van der Waals surface area contributed by atoms with E-state index in [1.54, 1.807) is 0 Å². The van der Waals surface area contributed by atoms with E-state index in [-0.39, 0.29) is 11.9 Å². The zero-order chi connectivity index (χ0) is 14.8. The fraction of sp³-hybridized carbons (Fsp3) is 0.562. The van der Waals surface area contributed by atoms with E-state index in [4.69, 9.17) is 5.73 Å². The maximum absolute atomic E-state index is 12.5. The Morgan fingerprint density at radius 1 is 1.55 bits per heavy atom. The lowest BCUT2D eigenvalue weighted by molar-refractivity contribution is -0.128. The van der Waals surface area contributed by atoms with Crippen LogP contribution in [0.2, 0.25) is 0 Å². The Hall–Kier alpha value is -0.870. The maximum Gasteiger partial charge on any atom is 0.240 e. The standard InChI is InChI=1S/C16H23BrN2O/c1-11-5-4-8-16(18,10-11)15(20)19-12(2)13-6-3-7-14(17)9-13/h3,6-7,9,11-12H,4-5,8,10,18H2,1-2H3,(H,19,20)/t11?,12-,16?/m1/s1. The van der Waals surface area contributed by atoms with Gasteiger partial charge >= 0.3 is 0 Å². The average Bonchev–Trinajstić information content (AvgIpc) is 2.38. The zero-order valence-corrected chi connectivity index (χ0v) is 13.7. The van der Waals surface area contributed by atoms with Crippen LogP contribution in [-0.4, -0.2) is 11.4 Å². The van der Waals surface area contributed by atoms with Crippen LogP contribution in [0.3, 0.4) is 0 Å². The van der Waals surface area contributed by atoms with Gasteiger partial charge in [0.25, 0.3) is 0 Å². The minimum absolute atomic E-state index is 0.0171. The van der Waals surface area contributed by atoms with E-state index in [1.807, 2.05) is 31.2 Å². The number of carbonyl (C=O) groups is 1. The van der Waals surface area contributed by atoms with Crippen LogP contribution in [0.15, 0.2) is 28.7 Å². The third-order valence-corrected chi connectivity index (χ3v) is 4.67. The molecule has 1 aliphatic carbocycles. The molecule has 1 aromatic rings. The summed E-state index contributed by atoms with van der Waals surface area (Å²) in [6.07, 6.45) is 3.78. The van der Waals surface area contributed by atoms with Crippen LogP contribution >= 0.6 is 15.9 Å². The van der Waals surface area contributed by atoms with Crippen molar-refractivity contribution in [3.8, 4) is 0 Å². The normalized spacial score (nSPS) is 27.9. The number of nitrogens with two attached hydrogens (primary N) is 1. The van der Waals surface area contributed by atoms with Crippen LogP contribution in [-0.2, 0) is 4.79 Å². The monoisotopic (exact) mass is 338 g/mol. The van der Waals surface area contributed by atoms with E-state index in [9.17, 15) is 4.79 Å². The molecule has 1 saturated carbocycles. The summed E-state index contributed by atoms with van der Waals surface area (Å²) in [6, 6.07) is 7.96. The molecule has 3 atom stereocenters.